The van der Waals surface area contributed by atoms with E-state index in [0.29, 0.717) is 67.0 Å². The smallest absolute Gasteiger partial charge is 0.243 e. The largest absolute Gasteiger partial charge is 0.507 e. The second kappa shape index (κ2) is 23.4. The van der Waals surface area contributed by atoms with Gasteiger partial charge in [-0.1, -0.05) is 55.4 Å². The van der Waals surface area contributed by atoms with E-state index < -0.39 is 23.7 Å². The molecule has 6 atom stereocenters. The zero-order valence-electron chi connectivity index (χ0n) is 47.2. The van der Waals surface area contributed by atoms with Gasteiger partial charge >= 0.3 is 0 Å². The molecule has 1 saturated carbocycles. The van der Waals surface area contributed by atoms with Crippen molar-refractivity contribution in [2.24, 2.45) is 5.92 Å². The highest BCUT2D eigenvalue weighted by molar-refractivity contribution is 7.13. The molecule has 2 amide bonds. The van der Waals surface area contributed by atoms with Gasteiger partial charge in [-0.3, -0.25) is 9.59 Å². The average Bonchev–Trinajstić information content (AvgIpc) is 4.17. The highest BCUT2D eigenvalue weighted by Gasteiger charge is 2.45. The number of aliphatic hydroxyl groups is 2. The number of aromatic nitrogens is 5. The quantitative estimate of drug-likeness (QED) is 0.0611. The number of piperidine rings is 2. The van der Waals surface area contributed by atoms with E-state index in [1.54, 1.807) is 23.5 Å². The summed E-state index contributed by atoms with van der Waals surface area (Å²) in [5, 5.41) is 49.2. The molecule has 0 radical (unpaired) electrons. The third kappa shape index (κ3) is 11.7. The predicted molar refractivity (Wildman–Crippen MR) is 313 cm³/mol. The Labute approximate surface area is 482 Å². The van der Waals surface area contributed by atoms with Gasteiger partial charge in [0, 0.05) is 113 Å². The van der Waals surface area contributed by atoms with Gasteiger partial charge in [0.2, 0.25) is 17.7 Å². The monoisotopic (exact) mass is 1140 g/mol. The SMILES string of the molecule is Cc1ncsc1-c1ccc([C@H](C)NC(=O)[C@@H]2C[C@@H](O)CN2C(=O)[C@H](c2cc(N3CCC(O)(CN4CCC(OC5CC(Oc6cc(N7C8CCC7CN(c7cc(-c9ccccc9O)nnc7N)C8)ccn6)C5)CC4)CC3)no2)C(C)C)cc1. The van der Waals surface area contributed by atoms with Crippen LogP contribution in [0.1, 0.15) is 108 Å². The fourth-order valence-corrected chi connectivity index (χ4v) is 14.2. The number of para-hydroxylation sites is 1. The third-order valence-corrected chi connectivity index (χ3v) is 19.0. The lowest BCUT2D eigenvalue weighted by Crippen LogP contribution is -2.54. The van der Waals surface area contributed by atoms with Gasteiger partial charge in [-0.05, 0) is 93.7 Å². The first kappa shape index (κ1) is 55.6. The molecular formula is C61H76N12O8S. The number of piperazine rings is 1. The number of amides is 2. The molecule has 2 unspecified atom stereocenters. The van der Waals surface area contributed by atoms with Crippen LogP contribution < -0.4 is 30.5 Å². The normalized spacial score (nSPS) is 24.6. The Kier molecular flexibility index (Phi) is 15.9. The molecule has 5 aliphatic heterocycles. The summed E-state index contributed by atoms with van der Waals surface area (Å²) in [6.07, 6.45) is 8.26. The van der Waals surface area contributed by atoms with Crippen LogP contribution in [0, 0.1) is 12.8 Å². The number of fused-ring (bicyclic) bond motifs is 2. The minimum Gasteiger partial charge on any atom is -0.507 e. The van der Waals surface area contributed by atoms with Crippen molar-refractivity contribution in [3.63, 3.8) is 0 Å². The van der Waals surface area contributed by atoms with Crippen molar-refractivity contribution in [1.82, 2.24) is 40.4 Å². The number of nitrogens with one attached hydrogen (secondary N) is 1. The van der Waals surface area contributed by atoms with Crippen LogP contribution >= 0.6 is 11.3 Å². The number of phenols is 1. The molecule has 0 spiro atoms. The maximum absolute atomic E-state index is 14.4. The van der Waals surface area contributed by atoms with Gasteiger partial charge in [0.05, 0.1) is 57.4 Å². The fourth-order valence-electron chi connectivity index (χ4n) is 13.4. The van der Waals surface area contributed by atoms with Crippen molar-refractivity contribution in [3.05, 3.63) is 102 Å². The number of phenolic OH excluding ortho intramolecular Hbond substituents is 1. The van der Waals surface area contributed by atoms with Gasteiger partial charge in [0.1, 0.15) is 23.8 Å². The minimum atomic E-state index is -0.842. The van der Waals surface area contributed by atoms with Gasteiger partial charge in [-0.15, -0.1) is 21.5 Å². The van der Waals surface area contributed by atoms with Gasteiger partial charge < -0.3 is 64.9 Å². The Balaban J connectivity index is 0.572. The van der Waals surface area contributed by atoms with E-state index >= 15 is 0 Å². The van der Waals surface area contributed by atoms with Gasteiger partial charge in [-0.2, -0.15) is 0 Å². The van der Waals surface area contributed by atoms with E-state index in [1.807, 2.05) is 87.9 Å². The molecule has 434 valence electrons. The Bertz CT molecular complexity index is 3200. The molecular weight excluding hydrogens is 1060 g/mol. The molecule has 5 saturated heterocycles. The number of aromatic hydroxyl groups is 1. The molecule has 9 heterocycles. The summed E-state index contributed by atoms with van der Waals surface area (Å²) < 4.78 is 19.0. The topological polar surface area (TPSA) is 245 Å². The summed E-state index contributed by atoms with van der Waals surface area (Å²) in [5.74, 6) is 0.739. The number of hydrogen-bond donors (Lipinski definition) is 5. The van der Waals surface area contributed by atoms with Crippen molar-refractivity contribution in [2.45, 2.75) is 146 Å². The number of pyridine rings is 1. The summed E-state index contributed by atoms with van der Waals surface area (Å²) in [7, 11) is 0. The third-order valence-electron chi connectivity index (χ3n) is 18.0. The lowest BCUT2D eigenvalue weighted by atomic mass is 9.89. The van der Waals surface area contributed by atoms with E-state index in [9.17, 15) is 24.9 Å². The van der Waals surface area contributed by atoms with Crippen molar-refractivity contribution in [2.75, 3.05) is 72.8 Å². The number of hydrogen-bond acceptors (Lipinski definition) is 19. The number of thiazole rings is 1. The van der Waals surface area contributed by atoms with E-state index in [1.165, 1.54) is 4.90 Å². The predicted octanol–water partition coefficient (Wildman–Crippen LogP) is 7.11. The Morgan fingerprint density at radius 3 is 2.32 bits per heavy atom. The number of nitrogens with zero attached hydrogens (tertiary/aromatic N) is 10. The number of nitrogens with two attached hydrogens (primary N) is 1. The molecule has 6 aliphatic rings. The summed E-state index contributed by atoms with van der Waals surface area (Å²) in [6.45, 7) is 12.9. The van der Waals surface area contributed by atoms with Gasteiger partial charge in [0.25, 0.3) is 0 Å². The highest BCUT2D eigenvalue weighted by Crippen LogP contribution is 2.41. The summed E-state index contributed by atoms with van der Waals surface area (Å²) in [5.41, 5.74) is 13.5. The molecule has 6 fully saturated rings. The number of aryl methyl sites for hydroxylation is 1. The van der Waals surface area contributed by atoms with Crippen LogP contribution in [0.3, 0.4) is 0 Å². The molecule has 20 nitrogen and oxygen atoms in total. The highest BCUT2D eigenvalue weighted by atomic mass is 32.1. The first-order chi connectivity index (χ1) is 39.6. The molecule has 2 aromatic carbocycles. The number of carbonyl (C=O) groups is 2. The lowest BCUT2D eigenvalue weighted by molar-refractivity contribution is -0.141. The number of nitrogen functional groups attached to an aromatic ring is 1. The maximum atomic E-state index is 14.4. The van der Waals surface area contributed by atoms with Crippen LogP contribution in [-0.2, 0) is 14.3 Å². The van der Waals surface area contributed by atoms with Crippen LogP contribution in [0.4, 0.5) is 23.0 Å². The van der Waals surface area contributed by atoms with Crippen molar-refractivity contribution in [1.29, 1.82) is 0 Å². The molecule has 2 bridgehead atoms. The van der Waals surface area contributed by atoms with Crippen LogP contribution in [0.25, 0.3) is 21.7 Å². The van der Waals surface area contributed by atoms with E-state index in [2.05, 4.69) is 62.4 Å². The second-order valence-electron chi connectivity index (χ2n) is 24.0. The standard InChI is InChI=1S/C61H76N12O8S/c1-36(2)56(60(77)72-33-44(74)26-51(72)59(76)65-37(3)39-9-11-40(12-10-39)57-38(4)64-35-82-57)53-30-54(68-81-53)70-23-18-61(78,19-24-70)34-69-21-16-45(17-22-69)79-46-27-47(28-46)80-55-25-41(15-20-63-55)73-42-13-14-43(73)32-71(31-42)50-29-49(66-67-58(50)62)48-7-5-6-8-52(48)75/h5-12,15,20,25,29-30,35-37,42-47,51,56,74-75,78H,13-14,16-19,21-24,26-28,31-34H2,1-4H3,(H2,62,67)(H,65,76)/t37-,42?,43?,44+,46?,47?,51-,56-/m0/s1. The molecule has 6 aromatic rings. The van der Waals surface area contributed by atoms with Crippen LogP contribution in [0.5, 0.6) is 11.6 Å². The summed E-state index contributed by atoms with van der Waals surface area (Å²) >= 11 is 1.59. The average molecular weight is 1140 g/mol. The number of aliphatic hydroxyl groups excluding tert-OH is 1. The number of benzene rings is 2. The molecule has 6 N–H and O–H groups in total. The van der Waals surface area contributed by atoms with Crippen molar-refractivity contribution in [3.8, 4) is 33.3 Å². The Morgan fingerprint density at radius 1 is 0.866 bits per heavy atom. The van der Waals surface area contributed by atoms with E-state index in [0.717, 1.165) is 97.8 Å². The Hall–Kier alpha value is -6.91. The summed E-state index contributed by atoms with van der Waals surface area (Å²) in [6, 6.07) is 22.5. The molecule has 12 rings (SSSR count). The van der Waals surface area contributed by atoms with Crippen molar-refractivity contribution < 1.29 is 38.9 Å². The lowest BCUT2D eigenvalue weighted by Gasteiger charge is -2.44. The second-order valence-corrected chi connectivity index (χ2v) is 24.9. The number of ether oxygens (including phenoxy) is 2. The number of carbonyl (C=O) groups excluding carboxylic acids is 2. The van der Waals surface area contributed by atoms with Gasteiger partial charge in [-0.25, -0.2) is 9.97 Å². The van der Waals surface area contributed by atoms with Crippen LogP contribution in [0.15, 0.2) is 89.0 Å². The number of anilines is 4. The van der Waals surface area contributed by atoms with Gasteiger partial charge in [0.15, 0.2) is 17.4 Å². The van der Waals surface area contributed by atoms with Crippen LogP contribution in [0.2, 0.25) is 0 Å². The minimum absolute atomic E-state index is 0.0484. The van der Waals surface area contributed by atoms with E-state index in [4.69, 9.17) is 19.7 Å². The van der Waals surface area contributed by atoms with Crippen LogP contribution in [-0.4, -0.2) is 163 Å². The zero-order valence-corrected chi connectivity index (χ0v) is 48.0. The number of β-amino-alcohol motifs (C(OH)–C–C–N with tert-alkyl or cyclic N) is 2. The maximum Gasteiger partial charge on any atom is 0.243 e. The van der Waals surface area contributed by atoms with E-state index in [-0.39, 0.29) is 72.9 Å². The Morgan fingerprint density at radius 2 is 1.61 bits per heavy atom. The molecule has 21 heteroatoms. The summed E-state index contributed by atoms with van der Waals surface area (Å²) in [4.78, 5) is 49.1. The first-order valence-electron chi connectivity index (χ1n) is 29.3. The number of likely N-dealkylation sites (tertiary alicyclic amines) is 2. The van der Waals surface area contributed by atoms with Crippen molar-refractivity contribution >= 4 is 46.2 Å². The molecule has 4 aromatic heterocycles. The zero-order chi connectivity index (χ0) is 56.8. The molecule has 82 heavy (non-hydrogen) atoms. The fraction of sp³-hybridized carbons (Fsp3) is 0.525. The first-order valence-corrected chi connectivity index (χ1v) is 30.2. The number of rotatable bonds is 17. The molecule has 1 aliphatic carbocycles.